The smallest absolute Gasteiger partial charge is 0.0539 e. The maximum Gasteiger partial charge on any atom is 0.0539 e. The first-order valence-corrected chi connectivity index (χ1v) is 8.41. The molecule has 0 radical (unpaired) electrons. The third-order valence-electron chi connectivity index (χ3n) is 3.44. The molecule has 0 atom stereocenters. The first kappa shape index (κ1) is 21.0. The minimum absolute atomic E-state index is 0.306. The highest BCUT2D eigenvalue weighted by Crippen LogP contribution is 2.04. The molecule has 5 N–H and O–H groups in total. The molecule has 1 saturated heterocycles. The van der Waals surface area contributed by atoms with E-state index in [0.29, 0.717) is 13.2 Å². The van der Waals surface area contributed by atoms with E-state index in [0.717, 1.165) is 31.5 Å². The van der Waals surface area contributed by atoms with Crippen LogP contribution in [0.4, 0.5) is 0 Å². The Balaban J connectivity index is 0.000000302. The van der Waals surface area contributed by atoms with Crippen molar-refractivity contribution >= 4 is 0 Å². The minimum atomic E-state index is 0.306. The molecule has 0 bridgehead atoms. The van der Waals surface area contributed by atoms with Crippen LogP contribution >= 0.6 is 0 Å². The van der Waals surface area contributed by atoms with Crippen LogP contribution in [-0.2, 0) is 6.54 Å². The summed E-state index contributed by atoms with van der Waals surface area (Å²) in [7, 11) is 0. The molecule has 0 aliphatic carbocycles. The minimum Gasteiger partial charge on any atom is -0.396 e. The number of unbranched alkanes of at least 4 members (excludes halogenated alkanes) is 2. The second kappa shape index (κ2) is 16.4. The lowest BCUT2D eigenvalue weighted by Gasteiger charge is -2.08. The first-order chi connectivity index (χ1) is 10.8. The number of aliphatic hydroxyl groups is 1. The maximum absolute atomic E-state index is 8.25. The van der Waals surface area contributed by atoms with E-state index < -0.39 is 0 Å². The third-order valence-corrected chi connectivity index (χ3v) is 3.44. The van der Waals surface area contributed by atoms with E-state index in [4.69, 9.17) is 16.6 Å². The van der Waals surface area contributed by atoms with Gasteiger partial charge in [-0.05, 0) is 70.4 Å². The van der Waals surface area contributed by atoms with Gasteiger partial charge in [-0.1, -0.05) is 13.0 Å². The van der Waals surface area contributed by atoms with Crippen molar-refractivity contribution in [1.29, 1.82) is 0 Å². The molecule has 1 aliphatic rings. The normalized spacial score (nSPS) is 13.8. The molecular formula is C17H34N4O. The number of nitrogens with zero attached hydrogens (tertiary/aromatic N) is 2. The average Bonchev–Trinajstić information content (AvgIpc) is 3.11. The average molecular weight is 310 g/mol. The van der Waals surface area contributed by atoms with Crippen LogP contribution in [-0.4, -0.2) is 47.8 Å². The summed E-state index contributed by atoms with van der Waals surface area (Å²) in [6, 6.07) is 5.70. The number of aliphatic hydroxyl groups excluding tert-OH is 1. The predicted molar refractivity (Wildman–Crippen MR) is 93.5 cm³/mol. The lowest BCUT2D eigenvalue weighted by Crippen LogP contribution is -2.17. The summed E-state index contributed by atoms with van der Waals surface area (Å²) in [5.74, 6) is 0. The van der Waals surface area contributed by atoms with Crippen LogP contribution in [0.5, 0.6) is 0 Å². The summed E-state index contributed by atoms with van der Waals surface area (Å²) in [6.45, 7) is 7.75. The lowest BCUT2D eigenvalue weighted by molar-refractivity contribution is 0.283. The Kier molecular flexibility index (Phi) is 15.6. The van der Waals surface area contributed by atoms with Gasteiger partial charge in [0.1, 0.15) is 0 Å². The van der Waals surface area contributed by atoms with Gasteiger partial charge in [-0.25, -0.2) is 0 Å². The van der Waals surface area contributed by atoms with Crippen LogP contribution in [0, 0.1) is 0 Å². The van der Waals surface area contributed by atoms with Crippen molar-refractivity contribution in [3.8, 4) is 0 Å². The Morgan fingerprint density at radius 2 is 1.86 bits per heavy atom. The zero-order chi connectivity index (χ0) is 16.5. The monoisotopic (exact) mass is 310 g/mol. The molecule has 0 saturated carbocycles. The predicted octanol–water partition coefficient (Wildman–Crippen LogP) is 1.75. The topological polar surface area (TPSA) is 88.4 Å². The highest BCUT2D eigenvalue weighted by atomic mass is 16.2. The van der Waals surface area contributed by atoms with E-state index in [-0.39, 0.29) is 0 Å². The largest absolute Gasteiger partial charge is 0.396 e. The van der Waals surface area contributed by atoms with E-state index in [9.17, 15) is 0 Å². The van der Waals surface area contributed by atoms with E-state index >= 15 is 0 Å². The van der Waals surface area contributed by atoms with Crippen molar-refractivity contribution in [2.45, 2.75) is 45.6 Å². The fourth-order valence-electron chi connectivity index (χ4n) is 2.05. The molecule has 0 aromatic carbocycles. The summed E-state index contributed by atoms with van der Waals surface area (Å²) in [5.41, 5.74) is 11.4. The summed E-state index contributed by atoms with van der Waals surface area (Å²) in [6.07, 6.45) is 7.59. The second-order valence-electron chi connectivity index (χ2n) is 5.24. The lowest BCUT2D eigenvalue weighted by atomic mass is 10.2. The van der Waals surface area contributed by atoms with Gasteiger partial charge < -0.3 is 21.5 Å². The zero-order valence-corrected chi connectivity index (χ0v) is 14.1. The molecule has 0 spiro atoms. The number of hydrogen-bond acceptors (Lipinski definition) is 5. The Morgan fingerprint density at radius 1 is 1.14 bits per heavy atom. The summed E-state index contributed by atoms with van der Waals surface area (Å²) in [4.78, 5) is 6.46. The summed E-state index contributed by atoms with van der Waals surface area (Å²) >= 11 is 0. The van der Waals surface area contributed by atoms with Crippen molar-refractivity contribution in [3.05, 3.63) is 30.1 Å². The molecule has 0 amide bonds. The SMILES string of the molecule is CCN1CCCC1.NCCCCCO.NCc1ccccn1. The molecular weight excluding hydrogens is 276 g/mol. The van der Waals surface area contributed by atoms with Crippen LogP contribution in [0.15, 0.2) is 24.4 Å². The number of pyridine rings is 1. The van der Waals surface area contributed by atoms with Gasteiger partial charge in [-0.2, -0.15) is 0 Å². The highest BCUT2D eigenvalue weighted by molar-refractivity contribution is 5.02. The van der Waals surface area contributed by atoms with E-state index in [2.05, 4.69) is 16.8 Å². The van der Waals surface area contributed by atoms with Gasteiger partial charge in [0, 0.05) is 19.3 Å². The maximum atomic E-state index is 8.25. The molecule has 2 heterocycles. The van der Waals surface area contributed by atoms with Crippen molar-refractivity contribution < 1.29 is 5.11 Å². The number of nitrogens with two attached hydrogens (primary N) is 2. The molecule has 5 nitrogen and oxygen atoms in total. The number of aromatic nitrogens is 1. The van der Waals surface area contributed by atoms with Crippen molar-refractivity contribution in [2.75, 3.05) is 32.8 Å². The molecule has 22 heavy (non-hydrogen) atoms. The zero-order valence-electron chi connectivity index (χ0n) is 14.1. The fourth-order valence-corrected chi connectivity index (χ4v) is 2.05. The highest BCUT2D eigenvalue weighted by Gasteiger charge is 2.06. The van der Waals surface area contributed by atoms with Gasteiger partial charge in [0.25, 0.3) is 0 Å². The fraction of sp³-hybridized carbons (Fsp3) is 0.706. The van der Waals surface area contributed by atoms with Crippen LogP contribution in [0.2, 0.25) is 0 Å². The van der Waals surface area contributed by atoms with E-state index in [1.54, 1.807) is 6.20 Å². The molecule has 0 unspecified atom stereocenters. The first-order valence-electron chi connectivity index (χ1n) is 8.41. The van der Waals surface area contributed by atoms with Gasteiger partial charge in [-0.3, -0.25) is 4.98 Å². The Morgan fingerprint density at radius 3 is 2.23 bits per heavy atom. The van der Waals surface area contributed by atoms with Crippen molar-refractivity contribution in [1.82, 2.24) is 9.88 Å². The quantitative estimate of drug-likeness (QED) is 0.697. The summed E-state index contributed by atoms with van der Waals surface area (Å²) in [5, 5.41) is 8.25. The number of rotatable bonds is 6. The Bertz CT molecular complexity index is 312. The molecule has 5 heteroatoms. The Hall–Kier alpha value is -1.01. The molecule has 1 aromatic heterocycles. The number of likely N-dealkylation sites (tertiary alicyclic amines) is 1. The second-order valence-corrected chi connectivity index (χ2v) is 5.24. The molecule has 128 valence electrons. The standard InChI is InChI=1S/C6H8N2.C6H13N.C5H13NO/c7-5-6-3-1-2-4-8-6;1-2-7-5-3-4-6-7;6-4-2-1-3-5-7/h1-4H,5,7H2;2-6H2,1H3;7H,1-6H2. The van der Waals surface area contributed by atoms with Crippen molar-refractivity contribution in [2.24, 2.45) is 11.5 Å². The third kappa shape index (κ3) is 12.7. The summed E-state index contributed by atoms with van der Waals surface area (Å²) < 4.78 is 0. The van der Waals surface area contributed by atoms with Crippen LogP contribution in [0.3, 0.4) is 0 Å². The molecule has 2 rings (SSSR count). The van der Waals surface area contributed by atoms with Gasteiger partial charge in [0.15, 0.2) is 0 Å². The molecule has 1 aromatic rings. The van der Waals surface area contributed by atoms with Gasteiger partial charge in [0.2, 0.25) is 0 Å². The van der Waals surface area contributed by atoms with Gasteiger partial charge in [-0.15, -0.1) is 0 Å². The molecule has 1 aliphatic heterocycles. The molecule has 1 fully saturated rings. The van der Waals surface area contributed by atoms with Crippen LogP contribution in [0.1, 0.15) is 44.7 Å². The van der Waals surface area contributed by atoms with E-state index in [1.165, 1.54) is 32.5 Å². The van der Waals surface area contributed by atoms with Crippen LogP contribution in [0.25, 0.3) is 0 Å². The van der Waals surface area contributed by atoms with Gasteiger partial charge in [0.05, 0.1) is 5.69 Å². The van der Waals surface area contributed by atoms with E-state index in [1.807, 2.05) is 18.2 Å². The Labute approximate surface area is 135 Å². The van der Waals surface area contributed by atoms with Crippen molar-refractivity contribution in [3.63, 3.8) is 0 Å². The van der Waals surface area contributed by atoms with Crippen LogP contribution < -0.4 is 11.5 Å². The number of hydrogen-bond donors (Lipinski definition) is 3. The van der Waals surface area contributed by atoms with Gasteiger partial charge >= 0.3 is 0 Å².